The summed E-state index contributed by atoms with van der Waals surface area (Å²) in [6.45, 7) is 2.30. The average molecular weight is 401 g/mol. The quantitative estimate of drug-likeness (QED) is 0.558. The highest BCUT2D eigenvalue weighted by Gasteiger charge is 2.56. The Balaban J connectivity index is 1.62. The second kappa shape index (κ2) is 7.36. The van der Waals surface area contributed by atoms with Crippen LogP contribution in [0.4, 0.5) is 0 Å². The maximum atomic E-state index is 12.1. The number of benzene rings is 1. The number of hydrogen-bond acceptors (Lipinski definition) is 3. The monoisotopic (exact) mass is 400 g/mol. The average Bonchev–Trinajstić information content (AvgIpc) is 3.06. The van der Waals surface area contributed by atoms with E-state index in [0.29, 0.717) is 24.5 Å². The molecule has 1 aromatic rings. The number of aliphatic hydroxyl groups excluding tert-OH is 1. The number of allylic oxidation sites excluding steroid dienone is 4. The summed E-state index contributed by atoms with van der Waals surface area (Å²) in [5, 5.41) is 10.9. The van der Waals surface area contributed by atoms with Gasteiger partial charge in [-0.3, -0.25) is 9.59 Å². The van der Waals surface area contributed by atoms with Gasteiger partial charge in [-0.2, -0.15) is 0 Å². The minimum absolute atomic E-state index is 0.0545. The van der Waals surface area contributed by atoms with Crippen LogP contribution < -0.4 is 0 Å². The molecule has 3 nitrogen and oxygen atoms in total. The molecule has 5 unspecified atom stereocenters. The van der Waals surface area contributed by atoms with Gasteiger partial charge in [-0.1, -0.05) is 30.6 Å². The summed E-state index contributed by atoms with van der Waals surface area (Å²) in [4.78, 5) is 22.6. The van der Waals surface area contributed by atoms with Crippen LogP contribution in [0.3, 0.4) is 0 Å². The first-order chi connectivity index (χ1) is 14.5. The molecule has 0 aromatic heterocycles. The van der Waals surface area contributed by atoms with E-state index >= 15 is 0 Å². The number of aldehydes is 1. The minimum Gasteiger partial charge on any atom is -0.393 e. The first kappa shape index (κ1) is 19.5. The van der Waals surface area contributed by atoms with Gasteiger partial charge in [0.2, 0.25) is 0 Å². The number of carbonyl (C=O) groups excluding carboxylic acids is 2. The van der Waals surface area contributed by atoms with Crippen molar-refractivity contribution in [2.75, 3.05) is 0 Å². The molecule has 0 spiro atoms. The molecule has 5 rings (SSSR count). The Morgan fingerprint density at radius 1 is 1.10 bits per heavy atom. The summed E-state index contributed by atoms with van der Waals surface area (Å²) in [5.74, 6) is 6.91. The molecule has 0 amide bonds. The zero-order valence-electron chi connectivity index (χ0n) is 17.5. The maximum absolute atomic E-state index is 12.1. The van der Waals surface area contributed by atoms with Gasteiger partial charge >= 0.3 is 0 Å². The van der Waals surface area contributed by atoms with Crippen LogP contribution in [0.2, 0.25) is 0 Å². The molecule has 0 bridgehead atoms. The van der Waals surface area contributed by atoms with E-state index in [1.54, 1.807) is 5.57 Å². The van der Waals surface area contributed by atoms with Gasteiger partial charge in [-0.25, -0.2) is 0 Å². The lowest BCUT2D eigenvalue weighted by molar-refractivity contribution is -0.114. The lowest BCUT2D eigenvalue weighted by Crippen LogP contribution is -2.45. The molecule has 5 atom stereocenters. The van der Waals surface area contributed by atoms with Crippen LogP contribution in [0.25, 0.3) is 0 Å². The molecular weight excluding hydrogens is 372 g/mol. The standard InChI is InChI=1S/C27H28O3/c1-27-16-23(18-6-4-17(5-7-18)3-2-14-28)26-21-11-9-20(29)15-19(21)8-10-22(26)24(27)12-13-25(27)30/h4-7,14-15,22-25,30H,8-13,16H2,1H3. The summed E-state index contributed by atoms with van der Waals surface area (Å²) in [6.07, 6.45) is 8.79. The number of ketones is 1. The molecule has 2 saturated carbocycles. The minimum atomic E-state index is -0.237. The van der Waals surface area contributed by atoms with Crippen molar-refractivity contribution in [3.05, 3.63) is 58.2 Å². The number of carbonyl (C=O) groups is 2. The first-order valence-electron chi connectivity index (χ1n) is 11.2. The summed E-state index contributed by atoms with van der Waals surface area (Å²) < 4.78 is 0. The van der Waals surface area contributed by atoms with E-state index in [9.17, 15) is 14.7 Å². The lowest BCUT2D eigenvalue weighted by Gasteiger charge is -2.52. The third-order valence-corrected chi connectivity index (χ3v) is 8.27. The molecule has 3 heteroatoms. The van der Waals surface area contributed by atoms with Crippen molar-refractivity contribution in [3.63, 3.8) is 0 Å². The third-order valence-electron chi connectivity index (χ3n) is 8.27. The summed E-state index contributed by atoms with van der Waals surface area (Å²) >= 11 is 0. The Bertz CT molecular complexity index is 1020. The zero-order valence-corrected chi connectivity index (χ0v) is 17.5. The second-order valence-corrected chi connectivity index (χ2v) is 9.69. The van der Waals surface area contributed by atoms with Gasteiger partial charge in [0.05, 0.1) is 6.10 Å². The Labute approximate surface area is 178 Å². The third kappa shape index (κ3) is 3.01. The number of rotatable bonds is 1. The molecule has 4 aliphatic rings. The predicted octanol–water partition coefficient (Wildman–Crippen LogP) is 4.50. The van der Waals surface area contributed by atoms with Gasteiger partial charge in [0, 0.05) is 17.9 Å². The fourth-order valence-corrected chi connectivity index (χ4v) is 6.84. The van der Waals surface area contributed by atoms with Crippen molar-refractivity contribution in [3.8, 4) is 11.8 Å². The number of aliphatic hydroxyl groups is 1. The van der Waals surface area contributed by atoms with Gasteiger partial charge in [0.25, 0.3) is 0 Å². The van der Waals surface area contributed by atoms with Gasteiger partial charge in [-0.15, -0.1) is 0 Å². The summed E-state index contributed by atoms with van der Waals surface area (Å²) in [7, 11) is 0. The zero-order chi connectivity index (χ0) is 20.9. The van der Waals surface area contributed by atoms with Crippen molar-refractivity contribution >= 4 is 12.1 Å². The fraction of sp³-hybridized carbons (Fsp3) is 0.481. The SMILES string of the molecule is CC12CC(c3ccc(C#CC=O)cc3)C3=C4CCC(=O)C=C4CCC3C1CCC2O. The molecule has 0 saturated heterocycles. The highest BCUT2D eigenvalue weighted by molar-refractivity contribution is 5.93. The number of hydrogen-bond donors (Lipinski definition) is 1. The molecule has 4 aliphatic carbocycles. The highest BCUT2D eigenvalue weighted by atomic mass is 16.3. The van der Waals surface area contributed by atoms with Crippen molar-refractivity contribution in [1.29, 1.82) is 0 Å². The normalized spacial score (nSPS) is 34.9. The predicted molar refractivity (Wildman–Crippen MR) is 116 cm³/mol. The molecular formula is C27H28O3. The van der Waals surface area contributed by atoms with Crippen LogP contribution in [0.5, 0.6) is 0 Å². The molecule has 1 aromatic carbocycles. The largest absolute Gasteiger partial charge is 0.393 e. The smallest absolute Gasteiger partial charge is 0.193 e. The van der Waals surface area contributed by atoms with Crippen molar-refractivity contribution in [1.82, 2.24) is 0 Å². The Morgan fingerprint density at radius 3 is 2.67 bits per heavy atom. The van der Waals surface area contributed by atoms with Crippen LogP contribution in [-0.4, -0.2) is 23.3 Å². The second-order valence-electron chi connectivity index (χ2n) is 9.69. The van der Waals surface area contributed by atoms with Gasteiger partial charge in [0.1, 0.15) is 0 Å². The van der Waals surface area contributed by atoms with Crippen molar-refractivity contribution in [2.24, 2.45) is 17.3 Å². The van der Waals surface area contributed by atoms with Crippen LogP contribution >= 0.6 is 0 Å². The van der Waals surface area contributed by atoms with E-state index in [1.165, 1.54) is 16.7 Å². The highest BCUT2D eigenvalue weighted by Crippen LogP contribution is 2.63. The van der Waals surface area contributed by atoms with Gasteiger partial charge < -0.3 is 5.11 Å². The van der Waals surface area contributed by atoms with E-state index in [2.05, 4.69) is 30.9 Å². The Hall–Kier alpha value is -2.44. The summed E-state index contributed by atoms with van der Waals surface area (Å²) in [5.41, 5.74) is 6.29. The van der Waals surface area contributed by atoms with E-state index in [-0.39, 0.29) is 23.2 Å². The molecule has 2 fully saturated rings. The molecule has 0 radical (unpaired) electrons. The maximum Gasteiger partial charge on any atom is 0.193 e. The van der Waals surface area contributed by atoms with Gasteiger partial charge in [-0.05, 0) is 96.6 Å². The fourth-order valence-electron chi connectivity index (χ4n) is 6.84. The number of fused-ring (bicyclic) bond motifs is 4. The van der Waals surface area contributed by atoms with Crippen LogP contribution in [0, 0.1) is 29.1 Å². The molecule has 30 heavy (non-hydrogen) atoms. The summed E-state index contributed by atoms with van der Waals surface area (Å²) in [6, 6.07) is 8.27. The van der Waals surface area contributed by atoms with E-state index in [4.69, 9.17) is 0 Å². The lowest BCUT2D eigenvalue weighted by atomic mass is 9.53. The first-order valence-corrected chi connectivity index (χ1v) is 11.2. The van der Waals surface area contributed by atoms with Crippen LogP contribution in [0.15, 0.2) is 47.1 Å². The van der Waals surface area contributed by atoms with Crippen LogP contribution in [-0.2, 0) is 9.59 Å². The topological polar surface area (TPSA) is 54.4 Å². The van der Waals surface area contributed by atoms with Gasteiger partial charge in [0.15, 0.2) is 12.1 Å². The Kier molecular flexibility index (Phi) is 4.79. The van der Waals surface area contributed by atoms with E-state index in [0.717, 1.165) is 44.1 Å². The van der Waals surface area contributed by atoms with E-state index in [1.807, 2.05) is 18.2 Å². The molecule has 0 aliphatic heterocycles. The van der Waals surface area contributed by atoms with Crippen molar-refractivity contribution in [2.45, 2.75) is 63.9 Å². The Morgan fingerprint density at radius 2 is 1.90 bits per heavy atom. The van der Waals surface area contributed by atoms with Crippen LogP contribution in [0.1, 0.15) is 68.9 Å². The molecule has 0 heterocycles. The van der Waals surface area contributed by atoms with Crippen molar-refractivity contribution < 1.29 is 14.7 Å². The molecule has 154 valence electrons. The van der Waals surface area contributed by atoms with E-state index < -0.39 is 0 Å². The molecule has 1 N–H and O–H groups in total.